The molecule has 1 saturated carbocycles. The third kappa shape index (κ3) is 6.75. The molecule has 0 bridgehead atoms. The van der Waals surface area contributed by atoms with Gasteiger partial charge in [0.1, 0.15) is 11.8 Å². The van der Waals surface area contributed by atoms with Crippen LogP contribution in [0.2, 0.25) is 0 Å². The van der Waals surface area contributed by atoms with Crippen molar-refractivity contribution in [3.63, 3.8) is 0 Å². The Hall–Kier alpha value is -4.17. The van der Waals surface area contributed by atoms with E-state index < -0.39 is 6.04 Å². The average Bonchev–Trinajstić information content (AvgIpc) is 3.92. The number of anilines is 1. The first-order chi connectivity index (χ1) is 25.4. The molecule has 4 fully saturated rings. The largest absolute Gasteiger partial charge is 0.508 e. The summed E-state index contributed by atoms with van der Waals surface area (Å²) in [7, 11) is 0. The van der Waals surface area contributed by atoms with Crippen LogP contribution in [-0.4, -0.2) is 71.4 Å². The van der Waals surface area contributed by atoms with Crippen molar-refractivity contribution in [2.75, 3.05) is 37.6 Å². The molecule has 4 aliphatic heterocycles. The predicted molar refractivity (Wildman–Crippen MR) is 201 cm³/mol. The van der Waals surface area contributed by atoms with Crippen LogP contribution in [0.15, 0.2) is 60.7 Å². The second-order valence-electron chi connectivity index (χ2n) is 16.8. The van der Waals surface area contributed by atoms with E-state index in [-0.39, 0.29) is 24.1 Å². The van der Waals surface area contributed by atoms with Gasteiger partial charge in [-0.1, -0.05) is 43.2 Å². The number of amides is 3. The fourth-order valence-electron chi connectivity index (χ4n) is 10.3. The molecule has 0 aromatic heterocycles. The maximum absolute atomic E-state index is 13.1. The number of piperidine rings is 3. The Labute approximate surface area is 307 Å². The molecular weight excluding hydrogens is 649 g/mol. The number of carbonyl (C=O) groups excluding carboxylic acids is 3. The maximum atomic E-state index is 13.1. The minimum atomic E-state index is -0.566. The number of nitrogens with zero attached hydrogens (tertiary/aromatic N) is 3. The average molecular weight is 701 g/mol. The lowest BCUT2D eigenvalue weighted by Gasteiger charge is -2.39. The number of phenolic OH excluding ortho intramolecular Hbond substituents is 1. The van der Waals surface area contributed by atoms with E-state index in [1.807, 2.05) is 18.2 Å². The number of fused-ring (bicyclic) bond motifs is 2. The number of aromatic hydroxyl groups is 1. The Morgan fingerprint density at radius 2 is 1.48 bits per heavy atom. The minimum absolute atomic E-state index is 0.0978. The quantitative estimate of drug-likeness (QED) is 0.253. The van der Waals surface area contributed by atoms with E-state index in [9.17, 15) is 19.5 Å². The smallest absolute Gasteiger partial charge is 0.255 e. The molecule has 6 aliphatic rings. The second kappa shape index (κ2) is 14.0. The highest BCUT2D eigenvalue weighted by Gasteiger charge is 2.40. The van der Waals surface area contributed by atoms with Crippen molar-refractivity contribution in [1.29, 1.82) is 0 Å². The molecule has 9 rings (SSSR count). The number of phenols is 1. The lowest BCUT2D eigenvalue weighted by Crippen LogP contribution is -2.52. The van der Waals surface area contributed by atoms with Crippen LogP contribution in [0.4, 0.5) is 5.69 Å². The van der Waals surface area contributed by atoms with E-state index in [0.717, 1.165) is 62.8 Å². The summed E-state index contributed by atoms with van der Waals surface area (Å²) in [5.74, 6) is 2.93. The molecule has 0 radical (unpaired) electrons. The Bertz CT molecular complexity index is 1840. The number of imide groups is 1. The monoisotopic (exact) mass is 700 g/mol. The number of likely N-dealkylation sites (tertiary alicyclic amines) is 1. The van der Waals surface area contributed by atoms with Crippen LogP contribution in [0.5, 0.6) is 5.75 Å². The van der Waals surface area contributed by atoms with Gasteiger partial charge in [0, 0.05) is 49.8 Å². The third-order valence-electron chi connectivity index (χ3n) is 13.4. The zero-order chi connectivity index (χ0) is 35.3. The molecule has 2 N–H and O–H groups in total. The first-order valence-corrected chi connectivity index (χ1v) is 20.0. The van der Waals surface area contributed by atoms with Gasteiger partial charge in [-0.3, -0.25) is 19.7 Å². The van der Waals surface area contributed by atoms with Gasteiger partial charge >= 0.3 is 0 Å². The number of hydrogen-bond acceptors (Lipinski definition) is 6. The standard InChI is InChI=1S/C44H52N4O4/c49-37-10-12-38-33(25-37)3-4-34(23-28-1-2-28)42(38)31-5-8-36(9-6-31)47-21-15-29(16-22-47)26-46-19-17-30(18-20-46)32-7-11-39-35(24-32)27-48(44(39)52)40-13-14-41(50)45-43(40)51/h5-12,24-25,28-30,34,40,42,49H,1-4,13-23,26-27H2,(H,45,50,51)/t34-,40+,42+/m1/s1. The van der Waals surface area contributed by atoms with Crippen molar-refractivity contribution in [2.24, 2.45) is 17.8 Å². The summed E-state index contributed by atoms with van der Waals surface area (Å²) in [6.07, 6.45) is 11.8. The van der Waals surface area contributed by atoms with Gasteiger partial charge in [0.05, 0.1) is 0 Å². The van der Waals surface area contributed by atoms with Crippen LogP contribution in [0, 0.1) is 17.8 Å². The summed E-state index contributed by atoms with van der Waals surface area (Å²) < 4.78 is 0. The summed E-state index contributed by atoms with van der Waals surface area (Å²) in [5, 5.41) is 12.6. The normalized spacial score (nSPS) is 26.0. The molecule has 272 valence electrons. The summed E-state index contributed by atoms with van der Waals surface area (Å²) >= 11 is 0. The lowest BCUT2D eigenvalue weighted by atomic mass is 9.70. The van der Waals surface area contributed by atoms with Crippen molar-refractivity contribution < 1.29 is 19.5 Å². The molecule has 0 unspecified atom stereocenters. The summed E-state index contributed by atoms with van der Waals surface area (Å²) in [6.45, 7) is 6.06. The SMILES string of the molecule is O=C1CC[C@H](N2Cc3cc(C4CCN(CC5CCN(c6ccc([C@@H]7c8ccc(O)cc8CC[C@@H]7CC7CC7)cc6)CC5)CC4)ccc3C2=O)C(=O)N1. The molecule has 8 heteroatoms. The third-order valence-corrected chi connectivity index (χ3v) is 13.4. The highest BCUT2D eigenvalue weighted by Crippen LogP contribution is 2.48. The molecule has 3 saturated heterocycles. The van der Waals surface area contributed by atoms with Crippen molar-refractivity contribution in [1.82, 2.24) is 15.1 Å². The molecular formula is C44H52N4O4. The summed E-state index contributed by atoms with van der Waals surface area (Å²) in [4.78, 5) is 44.1. The molecule has 3 aromatic rings. The van der Waals surface area contributed by atoms with Crippen LogP contribution in [0.3, 0.4) is 0 Å². The zero-order valence-electron chi connectivity index (χ0n) is 30.3. The molecule has 3 amide bonds. The fourth-order valence-corrected chi connectivity index (χ4v) is 10.3. The van der Waals surface area contributed by atoms with E-state index in [0.29, 0.717) is 42.0 Å². The Balaban J connectivity index is 0.765. The number of rotatable bonds is 8. The molecule has 4 heterocycles. The number of benzene rings is 3. The molecule has 52 heavy (non-hydrogen) atoms. The van der Waals surface area contributed by atoms with Crippen LogP contribution < -0.4 is 10.2 Å². The number of nitrogens with one attached hydrogen (secondary N) is 1. The number of aryl methyl sites for hydroxylation is 1. The van der Waals surface area contributed by atoms with Crippen molar-refractivity contribution >= 4 is 23.4 Å². The van der Waals surface area contributed by atoms with Gasteiger partial charge in [-0.05, 0) is 146 Å². The highest BCUT2D eigenvalue weighted by molar-refractivity contribution is 6.05. The summed E-state index contributed by atoms with van der Waals surface area (Å²) in [5.41, 5.74) is 8.54. The van der Waals surface area contributed by atoms with Crippen molar-refractivity contribution in [3.05, 3.63) is 94.0 Å². The molecule has 3 aromatic carbocycles. The van der Waals surface area contributed by atoms with Gasteiger partial charge in [-0.25, -0.2) is 0 Å². The van der Waals surface area contributed by atoms with Crippen LogP contribution >= 0.6 is 0 Å². The maximum Gasteiger partial charge on any atom is 0.255 e. The molecule has 0 spiro atoms. The first kappa shape index (κ1) is 33.7. The first-order valence-electron chi connectivity index (χ1n) is 20.0. The topological polar surface area (TPSA) is 93.2 Å². The van der Waals surface area contributed by atoms with Gasteiger partial charge < -0.3 is 19.8 Å². The molecule has 2 aliphatic carbocycles. The lowest BCUT2D eigenvalue weighted by molar-refractivity contribution is -0.136. The van der Waals surface area contributed by atoms with E-state index in [1.165, 1.54) is 73.0 Å². The second-order valence-corrected chi connectivity index (χ2v) is 16.8. The molecule has 3 atom stereocenters. The fraction of sp³-hybridized carbons (Fsp3) is 0.523. The van der Waals surface area contributed by atoms with Crippen LogP contribution in [0.1, 0.15) is 114 Å². The van der Waals surface area contributed by atoms with E-state index in [4.69, 9.17) is 0 Å². The van der Waals surface area contributed by atoms with Crippen LogP contribution in [0.25, 0.3) is 0 Å². The number of carbonyl (C=O) groups is 3. The molecule has 8 nitrogen and oxygen atoms in total. The number of hydrogen-bond donors (Lipinski definition) is 2. The van der Waals surface area contributed by atoms with Gasteiger partial charge in [-0.15, -0.1) is 0 Å². The summed E-state index contributed by atoms with van der Waals surface area (Å²) in [6, 6.07) is 21.3. The Kier molecular flexibility index (Phi) is 9.06. The highest BCUT2D eigenvalue weighted by atomic mass is 16.3. The Morgan fingerprint density at radius 1 is 0.712 bits per heavy atom. The van der Waals surface area contributed by atoms with Crippen molar-refractivity contribution in [2.45, 2.75) is 95.1 Å². The van der Waals surface area contributed by atoms with Gasteiger partial charge in [0.15, 0.2) is 0 Å². The van der Waals surface area contributed by atoms with E-state index in [2.05, 4.69) is 57.6 Å². The minimum Gasteiger partial charge on any atom is -0.508 e. The van der Waals surface area contributed by atoms with Gasteiger partial charge in [0.2, 0.25) is 11.8 Å². The van der Waals surface area contributed by atoms with Crippen molar-refractivity contribution in [3.8, 4) is 5.75 Å². The zero-order valence-corrected chi connectivity index (χ0v) is 30.3. The van der Waals surface area contributed by atoms with E-state index >= 15 is 0 Å². The Morgan fingerprint density at radius 3 is 2.23 bits per heavy atom. The van der Waals surface area contributed by atoms with Gasteiger partial charge in [0.25, 0.3) is 5.91 Å². The van der Waals surface area contributed by atoms with Crippen LogP contribution in [-0.2, 0) is 22.6 Å². The van der Waals surface area contributed by atoms with E-state index in [1.54, 1.807) is 4.90 Å². The predicted octanol–water partition coefficient (Wildman–Crippen LogP) is 6.74. The van der Waals surface area contributed by atoms with Gasteiger partial charge in [-0.2, -0.15) is 0 Å².